The monoisotopic (exact) mass is 250 g/mol. The Morgan fingerprint density at radius 1 is 1.56 bits per heavy atom. The van der Waals surface area contributed by atoms with Crippen LogP contribution >= 0.6 is 0 Å². The number of nitrogens with one attached hydrogen (secondary N) is 1. The van der Waals surface area contributed by atoms with Gasteiger partial charge in [-0.3, -0.25) is 4.79 Å². The number of aromatic nitrogens is 1. The number of pyridine rings is 1. The van der Waals surface area contributed by atoms with E-state index in [9.17, 15) is 9.90 Å². The number of carbonyl (C=O) groups is 1. The second kappa shape index (κ2) is 6.35. The number of carbonyl (C=O) groups excluding carboxylic acids is 1. The SMILES string of the molecule is O=C(CCC1CCCCO1)Nc1ncccc1O. The number of nitrogens with zero attached hydrogens (tertiary/aromatic N) is 1. The van der Waals surface area contributed by atoms with Gasteiger partial charge in [-0.1, -0.05) is 0 Å². The van der Waals surface area contributed by atoms with E-state index in [4.69, 9.17) is 4.74 Å². The van der Waals surface area contributed by atoms with Gasteiger partial charge >= 0.3 is 0 Å². The summed E-state index contributed by atoms with van der Waals surface area (Å²) in [7, 11) is 0. The minimum Gasteiger partial charge on any atom is -0.504 e. The highest BCUT2D eigenvalue weighted by atomic mass is 16.5. The van der Waals surface area contributed by atoms with Crippen LogP contribution in [0.4, 0.5) is 5.82 Å². The third-order valence-electron chi connectivity index (χ3n) is 3.01. The Hall–Kier alpha value is -1.62. The second-order valence-electron chi connectivity index (χ2n) is 4.45. The van der Waals surface area contributed by atoms with Crippen molar-refractivity contribution in [2.24, 2.45) is 0 Å². The van der Waals surface area contributed by atoms with Gasteiger partial charge in [-0.25, -0.2) is 4.98 Å². The fraction of sp³-hybridized carbons (Fsp3) is 0.538. The molecule has 1 saturated heterocycles. The van der Waals surface area contributed by atoms with Gasteiger partial charge in [-0.05, 0) is 37.8 Å². The van der Waals surface area contributed by atoms with Gasteiger partial charge in [0, 0.05) is 19.2 Å². The second-order valence-corrected chi connectivity index (χ2v) is 4.45. The molecule has 18 heavy (non-hydrogen) atoms. The normalized spacial score (nSPS) is 19.4. The van der Waals surface area contributed by atoms with Crippen molar-refractivity contribution in [1.29, 1.82) is 0 Å². The lowest BCUT2D eigenvalue weighted by molar-refractivity contribution is -0.117. The van der Waals surface area contributed by atoms with Gasteiger partial charge in [-0.15, -0.1) is 0 Å². The zero-order chi connectivity index (χ0) is 12.8. The summed E-state index contributed by atoms with van der Waals surface area (Å²) in [5.41, 5.74) is 0. The Kier molecular flexibility index (Phi) is 4.52. The topological polar surface area (TPSA) is 71.5 Å². The molecule has 98 valence electrons. The lowest BCUT2D eigenvalue weighted by Crippen LogP contribution is -2.22. The molecule has 0 saturated carbocycles. The van der Waals surface area contributed by atoms with Crippen LogP contribution in [0.5, 0.6) is 5.75 Å². The van der Waals surface area contributed by atoms with E-state index in [2.05, 4.69) is 10.3 Å². The third kappa shape index (κ3) is 3.70. The van der Waals surface area contributed by atoms with Crippen molar-refractivity contribution >= 4 is 11.7 Å². The van der Waals surface area contributed by atoms with Crippen LogP contribution < -0.4 is 5.32 Å². The van der Waals surface area contributed by atoms with E-state index < -0.39 is 0 Å². The maximum absolute atomic E-state index is 11.7. The molecule has 0 aliphatic carbocycles. The van der Waals surface area contributed by atoms with Crippen molar-refractivity contribution in [2.75, 3.05) is 11.9 Å². The maximum atomic E-state index is 11.7. The van der Waals surface area contributed by atoms with Crippen molar-refractivity contribution < 1.29 is 14.6 Å². The Morgan fingerprint density at radius 3 is 3.17 bits per heavy atom. The van der Waals surface area contributed by atoms with E-state index in [0.29, 0.717) is 6.42 Å². The molecule has 5 heteroatoms. The van der Waals surface area contributed by atoms with Crippen molar-refractivity contribution in [3.63, 3.8) is 0 Å². The first-order valence-electron chi connectivity index (χ1n) is 6.31. The minimum atomic E-state index is -0.141. The van der Waals surface area contributed by atoms with Crippen LogP contribution in [0, 0.1) is 0 Å². The Bertz CT molecular complexity index is 403. The molecule has 0 radical (unpaired) electrons. The molecule has 1 unspecified atom stereocenters. The molecule has 2 N–H and O–H groups in total. The number of rotatable bonds is 4. The zero-order valence-corrected chi connectivity index (χ0v) is 10.3. The van der Waals surface area contributed by atoms with Gasteiger partial charge in [0.05, 0.1) is 6.10 Å². The van der Waals surface area contributed by atoms with Crippen molar-refractivity contribution in [1.82, 2.24) is 4.98 Å². The van der Waals surface area contributed by atoms with Crippen LogP contribution in [-0.2, 0) is 9.53 Å². The van der Waals surface area contributed by atoms with Gasteiger partial charge in [-0.2, -0.15) is 0 Å². The van der Waals surface area contributed by atoms with Crippen LogP contribution in [0.2, 0.25) is 0 Å². The van der Waals surface area contributed by atoms with Gasteiger partial charge in [0.25, 0.3) is 0 Å². The molecular weight excluding hydrogens is 232 g/mol. The average molecular weight is 250 g/mol. The summed E-state index contributed by atoms with van der Waals surface area (Å²) < 4.78 is 5.56. The lowest BCUT2D eigenvalue weighted by Gasteiger charge is -2.22. The third-order valence-corrected chi connectivity index (χ3v) is 3.01. The standard InChI is InChI=1S/C13H18N2O3/c16-11-5-3-8-14-13(11)15-12(17)7-6-10-4-1-2-9-18-10/h3,5,8,10,16H,1-2,4,6-7,9H2,(H,14,15,17). The summed E-state index contributed by atoms with van der Waals surface area (Å²) in [5, 5.41) is 12.1. The molecule has 5 nitrogen and oxygen atoms in total. The smallest absolute Gasteiger partial charge is 0.225 e. The molecule has 1 aliphatic heterocycles. The Morgan fingerprint density at radius 2 is 2.44 bits per heavy atom. The molecule has 1 aromatic heterocycles. The van der Waals surface area contributed by atoms with Crippen LogP contribution in [0.15, 0.2) is 18.3 Å². The summed E-state index contributed by atoms with van der Waals surface area (Å²) >= 11 is 0. The number of anilines is 1. The van der Waals surface area contributed by atoms with E-state index in [0.717, 1.165) is 25.9 Å². The Balaban J connectivity index is 1.76. The molecule has 1 aliphatic rings. The predicted molar refractivity (Wildman–Crippen MR) is 67.4 cm³/mol. The highest BCUT2D eigenvalue weighted by Gasteiger charge is 2.15. The van der Waals surface area contributed by atoms with Crippen molar-refractivity contribution in [3.8, 4) is 5.75 Å². The van der Waals surface area contributed by atoms with Gasteiger partial charge in [0.2, 0.25) is 5.91 Å². The molecule has 1 amide bonds. The summed E-state index contributed by atoms with van der Waals surface area (Å²) in [6, 6.07) is 3.10. The Labute approximate surface area is 106 Å². The number of ether oxygens (including phenoxy) is 1. The van der Waals surface area contributed by atoms with Gasteiger partial charge in [0.1, 0.15) is 0 Å². The molecule has 2 heterocycles. The molecule has 1 aromatic rings. The average Bonchev–Trinajstić information content (AvgIpc) is 2.40. The summed E-state index contributed by atoms with van der Waals surface area (Å²) in [5.74, 6) is 0.0602. The molecule has 1 fully saturated rings. The fourth-order valence-corrected chi connectivity index (χ4v) is 2.01. The molecule has 0 bridgehead atoms. The summed E-state index contributed by atoms with van der Waals surface area (Å²) in [4.78, 5) is 15.6. The number of hydrogen-bond acceptors (Lipinski definition) is 4. The number of hydrogen-bond donors (Lipinski definition) is 2. The fourth-order valence-electron chi connectivity index (χ4n) is 2.01. The summed E-state index contributed by atoms with van der Waals surface area (Å²) in [6.45, 7) is 0.799. The van der Waals surface area contributed by atoms with Crippen LogP contribution in [-0.4, -0.2) is 28.7 Å². The lowest BCUT2D eigenvalue weighted by atomic mass is 10.0. The first kappa shape index (κ1) is 12.8. The van der Waals surface area contributed by atoms with Crippen molar-refractivity contribution in [3.05, 3.63) is 18.3 Å². The van der Waals surface area contributed by atoms with Crippen LogP contribution in [0.3, 0.4) is 0 Å². The largest absolute Gasteiger partial charge is 0.504 e. The first-order valence-corrected chi connectivity index (χ1v) is 6.31. The number of aromatic hydroxyl groups is 1. The highest BCUT2D eigenvalue weighted by Crippen LogP contribution is 2.20. The van der Waals surface area contributed by atoms with Crippen LogP contribution in [0.25, 0.3) is 0 Å². The van der Waals surface area contributed by atoms with Crippen molar-refractivity contribution in [2.45, 2.75) is 38.2 Å². The molecule has 0 aromatic carbocycles. The predicted octanol–water partition coefficient (Wildman–Crippen LogP) is 2.08. The first-order chi connectivity index (χ1) is 8.75. The highest BCUT2D eigenvalue weighted by molar-refractivity contribution is 5.90. The van der Waals surface area contributed by atoms with E-state index in [-0.39, 0.29) is 23.6 Å². The summed E-state index contributed by atoms with van der Waals surface area (Å²) in [6.07, 6.45) is 6.15. The van der Waals surface area contributed by atoms with Gasteiger partial charge in [0.15, 0.2) is 11.6 Å². The van der Waals surface area contributed by atoms with E-state index >= 15 is 0 Å². The zero-order valence-electron chi connectivity index (χ0n) is 10.3. The molecule has 1 atom stereocenters. The van der Waals surface area contributed by atoms with E-state index in [1.54, 1.807) is 6.07 Å². The maximum Gasteiger partial charge on any atom is 0.225 e. The molecular formula is C13H18N2O3. The minimum absolute atomic E-state index is 0.0141. The van der Waals surface area contributed by atoms with Gasteiger partial charge < -0.3 is 15.2 Å². The number of amides is 1. The van der Waals surface area contributed by atoms with E-state index in [1.165, 1.54) is 18.7 Å². The van der Waals surface area contributed by atoms with E-state index in [1.807, 2.05) is 0 Å². The quantitative estimate of drug-likeness (QED) is 0.858. The molecule has 0 spiro atoms. The molecule has 2 rings (SSSR count). The van der Waals surface area contributed by atoms with Crippen LogP contribution in [0.1, 0.15) is 32.1 Å².